The number of nitrogens with zero attached hydrogens (tertiary/aromatic N) is 6. The molecule has 0 N–H and O–H groups in total. The van der Waals surface area contributed by atoms with Crippen LogP contribution in [-0.2, 0) is 18.3 Å². The maximum Gasteiger partial charge on any atom is 0.274 e. The summed E-state index contributed by atoms with van der Waals surface area (Å²) >= 11 is 0. The Morgan fingerprint density at radius 3 is 2.79 bits per heavy atom. The highest BCUT2D eigenvalue weighted by molar-refractivity contribution is 5.92. The molecule has 9 nitrogen and oxygen atoms in total. The molecule has 2 fully saturated rings. The van der Waals surface area contributed by atoms with E-state index in [-0.39, 0.29) is 17.9 Å². The van der Waals surface area contributed by atoms with E-state index in [1.54, 1.807) is 35.8 Å². The van der Waals surface area contributed by atoms with Crippen LogP contribution in [0.25, 0.3) is 0 Å². The summed E-state index contributed by atoms with van der Waals surface area (Å²) in [6.07, 6.45) is 6.52. The summed E-state index contributed by atoms with van der Waals surface area (Å²) in [6.45, 7) is 3.24. The Kier molecular flexibility index (Phi) is 5.15. The van der Waals surface area contributed by atoms with Crippen LogP contribution in [0.2, 0.25) is 0 Å². The van der Waals surface area contributed by atoms with E-state index in [2.05, 4.69) is 15.2 Å². The van der Waals surface area contributed by atoms with Gasteiger partial charge in [0.15, 0.2) is 5.82 Å². The fourth-order valence-corrected chi connectivity index (χ4v) is 3.88. The molecule has 9 heteroatoms. The van der Waals surface area contributed by atoms with Crippen LogP contribution in [0.1, 0.15) is 60.7 Å². The van der Waals surface area contributed by atoms with Crippen molar-refractivity contribution in [3.05, 3.63) is 29.7 Å². The van der Waals surface area contributed by atoms with Gasteiger partial charge in [-0.3, -0.25) is 14.3 Å². The molecule has 3 heterocycles. The zero-order valence-corrected chi connectivity index (χ0v) is 16.4. The van der Waals surface area contributed by atoms with E-state index in [9.17, 15) is 9.59 Å². The SMILES string of the molecule is CC(=O)N(CCc1noc(C2CCC2)n1)C1CCN(C(=O)c2ccn(C)n2)C1. The minimum atomic E-state index is -0.0880. The fourth-order valence-electron chi connectivity index (χ4n) is 3.88. The molecule has 1 unspecified atom stereocenters. The Balaban J connectivity index is 1.34. The Hall–Kier alpha value is -2.71. The first kappa shape index (κ1) is 18.6. The first-order valence-corrected chi connectivity index (χ1v) is 9.90. The highest BCUT2D eigenvalue weighted by atomic mass is 16.5. The van der Waals surface area contributed by atoms with Crippen molar-refractivity contribution in [1.29, 1.82) is 0 Å². The summed E-state index contributed by atoms with van der Waals surface area (Å²) in [4.78, 5) is 32.9. The van der Waals surface area contributed by atoms with E-state index < -0.39 is 0 Å². The third-order valence-corrected chi connectivity index (χ3v) is 5.74. The number of aryl methyl sites for hydroxylation is 1. The van der Waals surface area contributed by atoms with Crippen molar-refractivity contribution in [3.63, 3.8) is 0 Å². The highest BCUT2D eigenvalue weighted by Crippen LogP contribution is 2.35. The molecule has 0 aromatic carbocycles. The Labute approximate surface area is 163 Å². The first-order chi connectivity index (χ1) is 13.5. The summed E-state index contributed by atoms with van der Waals surface area (Å²) < 4.78 is 6.98. The van der Waals surface area contributed by atoms with Crippen LogP contribution in [0.15, 0.2) is 16.8 Å². The largest absolute Gasteiger partial charge is 0.339 e. The molecule has 150 valence electrons. The van der Waals surface area contributed by atoms with Gasteiger partial charge in [-0.1, -0.05) is 11.6 Å². The summed E-state index contributed by atoms with van der Waals surface area (Å²) in [5.74, 6) is 1.69. The number of hydrogen-bond acceptors (Lipinski definition) is 6. The highest BCUT2D eigenvalue weighted by Gasteiger charge is 2.33. The van der Waals surface area contributed by atoms with E-state index in [1.165, 1.54) is 6.42 Å². The lowest BCUT2D eigenvalue weighted by Crippen LogP contribution is -2.42. The molecule has 1 aliphatic carbocycles. The fraction of sp³-hybridized carbons (Fsp3) is 0.632. The van der Waals surface area contributed by atoms with Crippen molar-refractivity contribution in [1.82, 2.24) is 29.7 Å². The van der Waals surface area contributed by atoms with E-state index in [1.807, 2.05) is 4.90 Å². The lowest BCUT2D eigenvalue weighted by molar-refractivity contribution is -0.130. The van der Waals surface area contributed by atoms with Gasteiger partial charge in [0.2, 0.25) is 11.8 Å². The van der Waals surface area contributed by atoms with Crippen LogP contribution in [0.5, 0.6) is 0 Å². The van der Waals surface area contributed by atoms with E-state index in [0.29, 0.717) is 43.5 Å². The van der Waals surface area contributed by atoms with Gasteiger partial charge in [0.1, 0.15) is 5.69 Å². The van der Waals surface area contributed by atoms with Gasteiger partial charge in [0, 0.05) is 52.1 Å². The zero-order chi connectivity index (χ0) is 19.7. The number of carbonyl (C=O) groups excluding carboxylic acids is 2. The molecule has 0 spiro atoms. The average Bonchev–Trinajstić information content (AvgIpc) is 3.34. The Morgan fingerprint density at radius 2 is 2.14 bits per heavy atom. The van der Waals surface area contributed by atoms with E-state index >= 15 is 0 Å². The van der Waals surface area contributed by atoms with Crippen molar-refractivity contribution in [2.24, 2.45) is 7.05 Å². The molecule has 2 aromatic heterocycles. The standard InChI is InChI=1S/C19H26N6O3/c1-13(26)25(11-8-17-20-18(28-22-17)14-4-3-5-14)15-6-10-24(12-15)19(27)16-7-9-23(2)21-16/h7,9,14-15H,3-6,8,10-12H2,1-2H3. The van der Waals surface area contributed by atoms with Crippen molar-refractivity contribution < 1.29 is 14.1 Å². The maximum absolute atomic E-state index is 12.6. The molecule has 1 atom stereocenters. The van der Waals surface area contributed by atoms with Crippen molar-refractivity contribution >= 4 is 11.8 Å². The number of carbonyl (C=O) groups is 2. The molecule has 2 aromatic rings. The van der Waals surface area contributed by atoms with Crippen molar-refractivity contribution in [2.75, 3.05) is 19.6 Å². The van der Waals surface area contributed by atoms with Gasteiger partial charge >= 0.3 is 0 Å². The summed E-state index contributed by atoms with van der Waals surface area (Å²) in [7, 11) is 1.79. The topological polar surface area (TPSA) is 97.4 Å². The molecule has 0 bridgehead atoms. The van der Waals surface area contributed by atoms with Crippen LogP contribution in [0.4, 0.5) is 0 Å². The predicted octanol–water partition coefficient (Wildman–Crippen LogP) is 1.38. The summed E-state index contributed by atoms with van der Waals surface area (Å²) in [5.41, 5.74) is 0.438. The van der Waals surface area contributed by atoms with Crippen LogP contribution in [0.3, 0.4) is 0 Å². The summed E-state index contributed by atoms with van der Waals surface area (Å²) in [5, 5.41) is 8.25. The zero-order valence-electron chi connectivity index (χ0n) is 16.4. The Morgan fingerprint density at radius 1 is 1.32 bits per heavy atom. The molecule has 1 aliphatic heterocycles. The molecular formula is C19H26N6O3. The molecule has 4 rings (SSSR count). The predicted molar refractivity (Wildman–Crippen MR) is 99.5 cm³/mol. The monoisotopic (exact) mass is 386 g/mol. The number of hydrogen-bond donors (Lipinski definition) is 0. The first-order valence-electron chi connectivity index (χ1n) is 9.90. The van der Waals surface area contributed by atoms with E-state index in [4.69, 9.17) is 4.52 Å². The summed E-state index contributed by atoms with van der Waals surface area (Å²) in [6, 6.07) is 1.72. The number of rotatable bonds is 6. The minimum absolute atomic E-state index is 0.000142. The number of amides is 2. The van der Waals surface area contributed by atoms with Gasteiger partial charge in [-0.2, -0.15) is 10.1 Å². The van der Waals surface area contributed by atoms with Crippen molar-refractivity contribution in [2.45, 2.75) is 51.0 Å². The van der Waals surface area contributed by atoms with Crippen LogP contribution in [-0.4, -0.2) is 67.2 Å². The molecular weight excluding hydrogens is 360 g/mol. The van der Waals surface area contributed by atoms with Crippen molar-refractivity contribution in [3.8, 4) is 0 Å². The van der Waals surface area contributed by atoms with Gasteiger partial charge in [-0.05, 0) is 25.3 Å². The number of aromatic nitrogens is 4. The normalized spacial score (nSPS) is 19.6. The van der Waals surface area contributed by atoms with Gasteiger partial charge in [0.25, 0.3) is 5.91 Å². The lowest BCUT2D eigenvalue weighted by atomic mass is 9.85. The van der Waals surface area contributed by atoms with Crippen LogP contribution < -0.4 is 0 Å². The third-order valence-electron chi connectivity index (χ3n) is 5.74. The number of likely N-dealkylation sites (tertiary alicyclic amines) is 1. The second-order valence-electron chi connectivity index (χ2n) is 7.71. The second-order valence-corrected chi connectivity index (χ2v) is 7.71. The molecule has 1 saturated heterocycles. The van der Waals surface area contributed by atoms with Crippen LogP contribution in [0, 0.1) is 0 Å². The maximum atomic E-state index is 12.6. The average molecular weight is 386 g/mol. The van der Waals surface area contributed by atoms with Gasteiger partial charge in [-0.15, -0.1) is 0 Å². The smallest absolute Gasteiger partial charge is 0.274 e. The quantitative estimate of drug-likeness (QED) is 0.744. The second kappa shape index (κ2) is 7.73. The van der Waals surface area contributed by atoms with E-state index in [0.717, 1.165) is 25.2 Å². The minimum Gasteiger partial charge on any atom is -0.339 e. The van der Waals surface area contributed by atoms with Gasteiger partial charge < -0.3 is 14.3 Å². The van der Waals surface area contributed by atoms with Gasteiger partial charge in [0.05, 0.1) is 6.04 Å². The Bertz CT molecular complexity index is 855. The molecule has 1 saturated carbocycles. The molecule has 2 amide bonds. The third kappa shape index (κ3) is 3.79. The van der Waals surface area contributed by atoms with Gasteiger partial charge in [-0.25, -0.2) is 0 Å². The molecule has 2 aliphatic rings. The molecule has 0 radical (unpaired) electrons. The van der Waals surface area contributed by atoms with Crippen LogP contribution >= 0.6 is 0 Å². The molecule has 28 heavy (non-hydrogen) atoms. The lowest BCUT2D eigenvalue weighted by Gasteiger charge is -2.27.